The Hall–Kier alpha value is -5.20. The summed E-state index contributed by atoms with van der Waals surface area (Å²) in [5, 5.41) is 17.1. The Bertz CT molecular complexity index is 1990. The molecule has 0 spiro atoms. The normalized spacial score (nSPS) is 11.3. The van der Waals surface area contributed by atoms with E-state index in [1.807, 2.05) is 72.3 Å². The number of carboxylic acid groups (broad SMARTS) is 1. The lowest BCUT2D eigenvalue weighted by molar-refractivity contribution is 0.0702. The lowest BCUT2D eigenvalue weighted by atomic mass is 10.2. The molecular formula is C34H30N4O6S2. The summed E-state index contributed by atoms with van der Waals surface area (Å²) in [4.78, 5) is 21.2. The summed E-state index contributed by atoms with van der Waals surface area (Å²) in [7, 11) is 1.58. The molecule has 0 bridgehead atoms. The van der Waals surface area contributed by atoms with E-state index in [-0.39, 0.29) is 18.1 Å². The van der Waals surface area contributed by atoms with Crippen LogP contribution >= 0.6 is 22.7 Å². The molecule has 6 aromatic rings. The molecule has 46 heavy (non-hydrogen) atoms. The molecule has 0 saturated heterocycles. The second kappa shape index (κ2) is 13.8. The average molecular weight is 655 g/mol. The maximum Gasteiger partial charge on any atom is 0.345 e. The van der Waals surface area contributed by atoms with E-state index in [2.05, 4.69) is 16.9 Å². The molecule has 0 saturated carbocycles. The third kappa shape index (κ3) is 7.03. The van der Waals surface area contributed by atoms with Crippen LogP contribution in [0.15, 0.2) is 76.7 Å². The molecule has 234 valence electrons. The van der Waals surface area contributed by atoms with Crippen LogP contribution in [0.5, 0.6) is 17.4 Å². The van der Waals surface area contributed by atoms with E-state index in [4.69, 9.17) is 23.7 Å². The number of methoxy groups -OCH3 is 1. The number of oxazole rings is 1. The summed E-state index contributed by atoms with van der Waals surface area (Å²) in [5.41, 5.74) is 4.12. The number of hydrogen-bond donors (Lipinski definition) is 1. The minimum atomic E-state index is -0.986. The first-order valence-electron chi connectivity index (χ1n) is 14.4. The second-order valence-corrected chi connectivity index (χ2v) is 12.1. The van der Waals surface area contributed by atoms with Gasteiger partial charge in [0.25, 0.3) is 0 Å². The predicted octanol–water partition coefficient (Wildman–Crippen LogP) is 7.95. The molecule has 0 atom stereocenters. The largest absolute Gasteiger partial charge is 0.493 e. The van der Waals surface area contributed by atoms with Crippen LogP contribution in [0.4, 0.5) is 0 Å². The number of aromatic carboxylic acids is 1. The topological polar surface area (TPSA) is 122 Å². The van der Waals surface area contributed by atoms with Gasteiger partial charge in [-0.2, -0.15) is 0 Å². The first kappa shape index (κ1) is 30.8. The van der Waals surface area contributed by atoms with E-state index in [1.54, 1.807) is 36.1 Å². The minimum absolute atomic E-state index is 0.143. The molecule has 12 heteroatoms. The molecule has 0 aliphatic heterocycles. The molecule has 0 radical (unpaired) electrons. The number of aryl methyl sites for hydroxylation is 2. The summed E-state index contributed by atoms with van der Waals surface area (Å²) < 4.78 is 25.5. The van der Waals surface area contributed by atoms with Gasteiger partial charge in [0.2, 0.25) is 11.8 Å². The second-order valence-electron chi connectivity index (χ2n) is 10.1. The first-order chi connectivity index (χ1) is 22.4. The third-order valence-electron chi connectivity index (χ3n) is 6.92. The lowest BCUT2D eigenvalue weighted by Gasteiger charge is -2.12. The van der Waals surface area contributed by atoms with Gasteiger partial charge in [0, 0.05) is 11.6 Å². The van der Waals surface area contributed by atoms with Crippen LogP contribution in [-0.4, -0.2) is 37.9 Å². The lowest BCUT2D eigenvalue weighted by Crippen LogP contribution is -2.02. The number of benzene rings is 2. The zero-order chi connectivity index (χ0) is 32.0. The summed E-state index contributed by atoms with van der Waals surface area (Å²) in [6.45, 7) is 4.28. The number of thiazole rings is 1. The van der Waals surface area contributed by atoms with Crippen LogP contribution in [0.25, 0.3) is 28.6 Å². The average Bonchev–Trinajstić information content (AvgIpc) is 3.89. The standard InChI is InChI=1S/C34H30N4O6S2/c1-4-31-35-24(20-45-31)12-11-23-17-38(25-8-6-5-7-9-25)37-32(23)43-18-22-10-13-27(28(16-22)41-3)42-19-26-21(2)44-33(36-26)29-14-15-30(46-29)34(39)40/h5-17,20H,4,18-19H2,1-3H3,(H,39,40). The van der Waals surface area contributed by atoms with Gasteiger partial charge >= 0.3 is 5.97 Å². The molecule has 0 aliphatic carbocycles. The molecule has 10 nitrogen and oxygen atoms in total. The van der Waals surface area contributed by atoms with E-state index in [9.17, 15) is 9.90 Å². The van der Waals surface area contributed by atoms with Crippen molar-refractivity contribution in [3.05, 3.63) is 110 Å². The molecule has 6 rings (SSSR count). The van der Waals surface area contributed by atoms with Crippen molar-refractivity contribution in [2.24, 2.45) is 0 Å². The van der Waals surface area contributed by atoms with Crippen LogP contribution in [0.1, 0.15) is 49.9 Å². The highest BCUT2D eigenvalue weighted by atomic mass is 32.1. The molecule has 2 aromatic carbocycles. The van der Waals surface area contributed by atoms with Crippen LogP contribution in [0.2, 0.25) is 0 Å². The SMILES string of the molecule is CCc1nc(C=Cc2cn(-c3ccccc3)nc2OCc2ccc(OCc3nc(-c4ccc(C(=O)O)s4)oc3C)c(OC)c2)cs1. The molecular weight excluding hydrogens is 625 g/mol. The summed E-state index contributed by atoms with van der Waals surface area (Å²) >= 11 is 2.75. The summed E-state index contributed by atoms with van der Waals surface area (Å²) in [5.74, 6) is 1.52. The predicted molar refractivity (Wildman–Crippen MR) is 177 cm³/mol. The molecule has 1 N–H and O–H groups in total. The Balaban J connectivity index is 1.15. The number of ether oxygens (including phenoxy) is 3. The van der Waals surface area contributed by atoms with Crippen molar-refractivity contribution in [1.29, 1.82) is 0 Å². The van der Waals surface area contributed by atoms with Crippen LogP contribution in [-0.2, 0) is 19.6 Å². The smallest absolute Gasteiger partial charge is 0.345 e. The fourth-order valence-corrected chi connectivity index (χ4v) is 5.99. The number of nitrogens with zero attached hydrogens (tertiary/aromatic N) is 4. The Kier molecular flexibility index (Phi) is 9.27. The van der Waals surface area contributed by atoms with Crippen LogP contribution < -0.4 is 14.2 Å². The zero-order valence-electron chi connectivity index (χ0n) is 25.3. The fourth-order valence-electron chi connectivity index (χ4n) is 4.50. The van der Waals surface area contributed by atoms with Crippen molar-refractivity contribution in [3.63, 3.8) is 0 Å². The Morgan fingerprint density at radius 1 is 1.02 bits per heavy atom. The number of carboxylic acids is 1. The van der Waals surface area contributed by atoms with Crippen molar-refractivity contribution >= 4 is 40.8 Å². The maximum absolute atomic E-state index is 11.2. The third-order valence-corrected chi connectivity index (χ3v) is 8.99. The monoisotopic (exact) mass is 654 g/mol. The number of thiophene rings is 1. The molecule has 0 unspecified atom stereocenters. The van der Waals surface area contributed by atoms with E-state index < -0.39 is 5.97 Å². The number of hydrogen-bond acceptors (Lipinski definition) is 10. The van der Waals surface area contributed by atoms with Crippen molar-refractivity contribution in [2.75, 3.05) is 7.11 Å². The van der Waals surface area contributed by atoms with Gasteiger partial charge in [0.15, 0.2) is 11.5 Å². The van der Waals surface area contributed by atoms with E-state index in [0.717, 1.165) is 45.3 Å². The number of aromatic nitrogens is 4. The summed E-state index contributed by atoms with van der Waals surface area (Å²) in [6.07, 6.45) is 6.78. The van der Waals surface area contributed by atoms with Gasteiger partial charge in [-0.15, -0.1) is 27.8 Å². The van der Waals surface area contributed by atoms with E-state index >= 15 is 0 Å². The Labute approximate surface area is 273 Å². The molecule has 0 fully saturated rings. The van der Waals surface area contributed by atoms with Crippen molar-refractivity contribution in [2.45, 2.75) is 33.5 Å². The van der Waals surface area contributed by atoms with Crippen LogP contribution in [0, 0.1) is 6.92 Å². The van der Waals surface area contributed by atoms with Gasteiger partial charge in [-0.1, -0.05) is 31.2 Å². The zero-order valence-corrected chi connectivity index (χ0v) is 26.9. The number of rotatable bonds is 13. The van der Waals surface area contributed by atoms with Gasteiger partial charge in [0.05, 0.1) is 33.9 Å². The van der Waals surface area contributed by atoms with Crippen molar-refractivity contribution in [3.8, 4) is 33.8 Å². The molecule has 4 heterocycles. The van der Waals surface area contributed by atoms with Crippen molar-refractivity contribution in [1.82, 2.24) is 19.7 Å². The van der Waals surface area contributed by atoms with Gasteiger partial charge in [0.1, 0.15) is 29.5 Å². The highest BCUT2D eigenvalue weighted by molar-refractivity contribution is 7.17. The maximum atomic E-state index is 11.2. The van der Waals surface area contributed by atoms with E-state index in [0.29, 0.717) is 39.6 Å². The number of para-hydroxylation sites is 1. The van der Waals surface area contributed by atoms with Gasteiger partial charge in [-0.05, 0) is 67.5 Å². The van der Waals surface area contributed by atoms with Gasteiger partial charge in [-0.3, -0.25) is 0 Å². The Morgan fingerprint density at radius 3 is 2.61 bits per heavy atom. The Morgan fingerprint density at radius 2 is 1.87 bits per heavy atom. The molecule has 0 amide bonds. The van der Waals surface area contributed by atoms with Crippen molar-refractivity contribution < 1.29 is 28.5 Å². The number of carbonyl (C=O) groups is 1. The van der Waals surface area contributed by atoms with Gasteiger partial charge in [-0.25, -0.2) is 19.4 Å². The quantitative estimate of drug-likeness (QED) is 0.132. The minimum Gasteiger partial charge on any atom is -0.493 e. The highest BCUT2D eigenvalue weighted by Crippen LogP contribution is 2.32. The summed E-state index contributed by atoms with van der Waals surface area (Å²) in [6, 6.07) is 18.7. The van der Waals surface area contributed by atoms with Crippen LogP contribution in [0.3, 0.4) is 0 Å². The van der Waals surface area contributed by atoms with E-state index in [1.165, 1.54) is 6.07 Å². The first-order valence-corrected chi connectivity index (χ1v) is 16.1. The van der Waals surface area contributed by atoms with Gasteiger partial charge < -0.3 is 23.7 Å². The fraction of sp³-hybridized carbons (Fsp3) is 0.176. The molecule has 0 aliphatic rings. The highest BCUT2D eigenvalue weighted by Gasteiger charge is 2.17. The molecule has 4 aromatic heterocycles.